The minimum Gasteiger partial charge on any atom is -0.395 e. The molecule has 0 saturated heterocycles. The van der Waals surface area contributed by atoms with Crippen molar-refractivity contribution in [3.8, 4) is 10.6 Å². The first-order valence-corrected chi connectivity index (χ1v) is 9.33. The molecule has 0 bridgehead atoms. The van der Waals surface area contributed by atoms with Crippen LogP contribution in [0.4, 0.5) is 10.1 Å². The molecule has 1 aromatic heterocycles. The summed E-state index contributed by atoms with van der Waals surface area (Å²) in [7, 11) is 0. The molecule has 1 heterocycles. The van der Waals surface area contributed by atoms with Crippen molar-refractivity contribution in [1.29, 1.82) is 0 Å². The summed E-state index contributed by atoms with van der Waals surface area (Å²) in [5, 5.41) is 36.4. The smallest absolute Gasteiger partial charge is 0.269 e. The fourth-order valence-corrected chi connectivity index (χ4v) is 3.48. The molecule has 3 N–H and O–H groups in total. The standard InChI is InChI=1S/C19H18FN3O4S/c20-14-5-1-13(2-6-14)19-22-15(11-28-19)9-21-17(10-24)18(25)12-3-7-16(8-4-12)23(26)27/h1-8,11,17-18,21,24-25H,9-10H2. The molecule has 2 atom stereocenters. The van der Waals surface area contributed by atoms with Gasteiger partial charge in [0.2, 0.25) is 0 Å². The van der Waals surface area contributed by atoms with E-state index in [1.807, 2.05) is 5.38 Å². The van der Waals surface area contributed by atoms with E-state index in [4.69, 9.17) is 0 Å². The fraction of sp³-hybridized carbons (Fsp3) is 0.211. The largest absolute Gasteiger partial charge is 0.395 e. The Morgan fingerprint density at radius 2 is 1.86 bits per heavy atom. The normalized spacial score (nSPS) is 13.2. The highest BCUT2D eigenvalue weighted by Crippen LogP contribution is 2.24. The summed E-state index contributed by atoms with van der Waals surface area (Å²) in [6, 6.07) is 10.9. The fourth-order valence-electron chi connectivity index (χ4n) is 2.65. The van der Waals surface area contributed by atoms with Gasteiger partial charge in [-0.1, -0.05) is 0 Å². The van der Waals surface area contributed by atoms with Gasteiger partial charge in [-0.05, 0) is 42.0 Å². The summed E-state index contributed by atoms with van der Waals surface area (Å²) in [4.78, 5) is 14.7. The molecular formula is C19H18FN3O4S. The van der Waals surface area contributed by atoms with Crippen molar-refractivity contribution >= 4 is 17.0 Å². The van der Waals surface area contributed by atoms with E-state index < -0.39 is 17.1 Å². The molecule has 2 unspecified atom stereocenters. The predicted octanol–water partition coefficient (Wildman–Crippen LogP) is 3.04. The first-order chi connectivity index (χ1) is 13.5. The first-order valence-electron chi connectivity index (χ1n) is 8.45. The molecule has 0 radical (unpaired) electrons. The van der Waals surface area contributed by atoms with E-state index >= 15 is 0 Å². The number of nitrogens with one attached hydrogen (secondary N) is 1. The molecule has 146 valence electrons. The monoisotopic (exact) mass is 403 g/mol. The van der Waals surface area contributed by atoms with E-state index in [2.05, 4.69) is 10.3 Å². The van der Waals surface area contributed by atoms with Crippen LogP contribution in [0.2, 0.25) is 0 Å². The molecule has 0 amide bonds. The molecular weight excluding hydrogens is 385 g/mol. The lowest BCUT2D eigenvalue weighted by atomic mass is 10.0. The lowest BCUT2D eigenvalue weighted by Crippen LogP contribution is -2.37. The molecule has 0 aliphatic rings. The van der Waals surface area contributed by atoms with E-state index in [1.165, 1.54) is 47.7 Å². The number of benzene rings is 2. The number of hydrogen-bond donors (Lipinski definition) is 3. The lowest BCUT2D eigenvalue weighted by molar-refractivity contribution is -0.384. The van der Waals surface area contributed by atoms with Gasteiger partial charge in [0.25, 0.3) is 5.69 Å². The maximum Gasteiger partial charge on any atom is 0.269 e. The molecule has 2 aromatic carbocycles. The highest BCUT2D eigenvalue weighted by molar-refractivity contribution is 7.13. The second kappa shape index (κ2) is 8.98. The van der Waals surface area contributed by atoms with Gasteiger partial charge in [0.1, 0.15) is 10.8 Å². The van der Waals surface area contributed by atoms with Gasteiger partial charge in [-0.25, -0.2) is 9.37 Å². The number of halogens is 1. The number of aliphatic hydroxyl groups is 2. The molecule has 0 saturated carbocycles. The van der Waals surface area contributed by atoms with Gasteiger partial charge >= 0.3 is 0 Å². The first kappa shape index (κ1) is 20.0. The maximum atomic E-state index is 13.0. The van der Waals surface area contributed by atoms with Gasteiger partial charge in [-0.15, -0.1) is 11.3 Å². The van der Waals surface area contributed by atoms with Gasteiger partial charge in [-0.3, -0.25) is 10.1 Å². The summed E-state index contributed by atoms with van der Waals surface area (Å²) in [6.07, 6.45) is -1.04. The molecule has 7 nitrogen and oxygen atoms in total. The van der Waals surface area contributed by atoms with Gasteiger partial charge in [0.05, 0.1) is 29.4 Å². The van der Waals surface area contributed by atoms with E-state index in [9.17, 15) is 24.7 Å². The Kier molecular flexibility index (Phi) is 6.42. The summed E-state index contributed by atoms with van der Waals surface area (Å²) >= 11 is 1.41. The topological polar surface area (TPSA) is 109 Å². The van der Waals surface area contributed by atoms with Crippen LogP contribution in [0, 0.1) is 15.9 Å². The number of nitro groups is 1. The van der Waals surface area contributed by atoms with Crippen LogP contribution >= 0.6 is 11.3 Å². The Hall–Kier alpha value is -2.72. The molecule has 0 spiro atoms. The molecule has 3 aromatic rings. The van der Waals surface area contributed by atoms with E-state index in [0.29, 0.717) is 12.1 Å². The van der Waals surface area contributed by atoms with E-state index in [-0.39, 0.29) is 18.1 Å². The van der Waals surface area contributed by atoms with E-state index in [1.54, 1.807) is 12.1 Å². The second-order valence-electron chi connectivity index (χ2n) is 6.11. The Balaban J connectivity index is 1.63. The maximum absolute atomic E-state index is 13.0. The molecule has 3 rings (SSSR count). The van der Waals surface area contributed by atoms with Crippen LogP contribution in [0.25, 0.3) is 10.6 Å². The molecule has 0 fully saturated rings. The zero-order valence-corrected chi connectivity index (χ0v) is 15.5. The SMILES string of the molecule is O=[N+]([O-])c1ccc(C(O)C(CO)NCc2csc(-c3ccc(F)cc3)n2)cc1. The van der Waals surface area contributed by atoms with Crippen molar-refractivity contribution in [3.05, 3.63) is 81.1 Å². The minimum absolute atomic E-state index is 0.0692. The van der Waals surface area contributed by atoms with Crippen LogP contribution in [0.1, 0.15) is 17.4 Å². The van der Waals surface area contributed by atoms with Crippen LogP contribution in [0.15, 0.2) is 53.9 Å². The average molecular weight is 403 g/mol. The second-order valence-corrected chi connectivity index (χ2v) is 6.97. The van der Waals surface area contributed by atoms with Gasteiger partial charge < -0.3 is 15.5 Å². The predicted molar refractivity (Wildman–Crippen MR) is 103 cm³/mol. The number of non-ortho nitro benzene ring substituents is 1. The lowest BCUT2D eigenvalue weighted by Gasteiger charge is -2.22. The number of hydrogen-bond acceptors (Lipinski definition) is 7. The number of aromatic nitrogens is 1. The summed E-state index contributed by atoms with van der Waals surface area (Å²) in [5.74, 6) is -0.312. The number of nitrogens with zero attached hydrogens (tertiary/aromatic N) is 2. The van der Waals surface area contributed by atoms with Crippen molar-refractivity contribution in [2.45, 2.75) is 18.7 Å². The van der Waals surface area contributed by atoms with Crippen molar-refractivity contribution in [3.63, 3.8) is 0 Å². The summed E-state index contributed by atoms with van der Waals surface area (Å²) in [5.41, 5.74) is 1.92. The molecule has 0 aliphatic carbocycles. The Morgan fingerprint density at radius 1 is 1.18 bits per heavy atom. The Bertz CT molecular complexity index is 931. The van der Waals surface area contributed by atoms with Crippen LogP contribution in [0.3, 0.4) is 0 Å². The number of aliphatic hydroxyl groups excluding tert-OH is 2. The molecule has 0 aliphatic heterocycles. The quantitative estimate of drug-likeness (QED) is 0.394. The summed E-state index contributed by atoms with van der Waals surface area (Å²) < 4.78 is 13.0. The van der Waals surface area contributed by atoms with Crippen LogP contribution in [-0.2, 0) is 6.54 Å². The third-order valence-electron chi connectivity index (χ3n) is 4.21. The zero-order chi connectivity index (χ0) is 20.1. The van der Waals surface area contributed by atoms with E-state index in [0.717, 1.165) is 16.3 Å². The van der Waals surface area contributed by atoms with Crippen LogP contribution < -0.4 is 5.32 Å². The molecule has 28 heavy (non-hydrogen) atoms. The summed E-state index contributed by atoms with van der Waals surface area (Å²) in [6.45, 7) is -0.0138. The number of nitro benzene ring substituents is 1. The van der Waals surface area contributed by atoms with Gasteiger partial charge in [0.15, 0.2) is 0 Å². The van der Waals surface area contributed by atoms with Crippen LogP contribution in [-0.4, -0.2) is 32.8 Å². The highest BCUT2D eigenvalue weighted by Gasteiger charge is 2.21. The van der Waals surface area contributed by atoms with Gasteiger partial charge in [-0.2, -0.15) is 0 Å². The minimum atomic E-state index is -1.04. The van der Waals surface area contributed by atoms with Gasteiger partial charge in [0, 0.05) is 29.6 Å². The van der Waals surface area contributed by atoms with Crippen molar-refractivity contribution < 1.29 is 19.5 Å². The molecule has 9 heteroatoms. The van der Waals surface area contributed by atoms with Crippen LogP contribution in [0.5, 0.6) is 0 Å². The third-order valence-corrected chi connectivity index (χ3v) is 5.15. The Morgan fingerprint density at radius 3 is 2.46 bits per heavy atom. The number of rotatable bonds is 8. The number of thiazole rings is 1. The highest BCUT2D eigenvalue weighted by atomic mass is 32.1. The average Bonchev–Trinajstić information content (AvgIpc) is 3.18. The Labute approximate surface area is 164 Å². The zero-order valence-electron chi connectivity index (χ0n) is 14.7. The third kappa shape index (κ3) is 4.76. The van der Waals surface area contributed by atoms with Crippen molar-refractivity contribution in [2.24, 2.45) is 0 Å². The van der Waals surface area contributed by atoms with Crippen molar-refractivity contribution in [1.82, 2.24) is 10.3 Å². The van der Waals surface area contributed by atoms with Crippen molar-refractivity contribution in [2.75, 3.05) is 6.61 Å².